The molecule has 75 valence electrons. The molecule has 0 saturated carbocycles. The van der Waals surface area contributed by atoms with Crippen molar-refractivity contribution < 1.29 is 9.50 Å². The van der Waals surface area contributed by atoms with Crippen molar-refractivity contribution in [2.24, 2.45) is 4.99 Å². The summed E-state index contributed by atoms with van der Waals surface area (Å²) < 4.78 is 12.3. The fourth-order valence-corrected chi connectivity index (χ4v) is 1.44. The average molecular weight is 215 g/mol. The van der Waals surface area contributed by atoms with E-state index in [0.717, 1.165) is 0 Å². The third-order valence-electron chi connectivity index (χ3n) is 1.79. The maximum atomic E-state index is 12.3. The van der Waals surface area contributed by atoms with Crippen LogP contribution in [0, 0.1) is 0 Å². The maximum absolute atomic E-state index is 12.3. The monoisotopic (exact) mass is 215 g/mol. The molecule has 2 aliphatic rings. The Kier molecular flexibility index (Phi) is 2.36. The molecule has 0 fully saturated rings. The van der Waals surface area contributed by atoms with Crippen LogP contribution in [0.25, 0.3) is 0 Å². The highest BCUT2D eigenvalue weighted by Crippen LogP contribution is 2.24. The first kappa shape index (κ1) is 9.38. The predicted octanol–water partition coefficient (Wildman–Crippen LogP) is 0.235. The first-order valence-corrected chi connectivity index (χ1v) is 4.33. The highest BCUT2D eigenvalue weighted by atomic mass is 32.1. The third-order valence-corrected chi connectivity index (χ3v) is 2.09. The van der Waals surface area contributed by atoms with Crippen LogP contribution in [0.2, 0.25) is 0 Å². The molecule has 0 aromatic carbocycles. The van der Waals surface area contributed by atoms with Crippen molar-refractivity contribution in [2.45, 2.75) is 0 Å². The van der Waals surface area contributed by atoms with Gasteiger partial charge in [0.15, 0.2) is 5.82 Å². The van der Waals surface area contributed by atoms with Crippen LogP contribution in [0.4, 0.5) is 4.39 Å². The Labute approximate surface area is 85.6 Å². The number of fused-ring (bicyclic) bond motifs is 1. The number of nitrogens with zero attached hydrogens (tertiary/aromatic N) is 3. The zero-order valence-corrected chi connectivity index (χ0v) is 7.96. The number of aliphatic imine (C=N–C) groups is 1. The van der Waals surface area contributed by atoms with Gasteiger partial charge in [-0.1, -0.05) is 12.6 Å². The highest BCUT2D eigenvalue weighted by molar-refractivity contribution is 7.84. The molecule has 1 radical (unpaired) electrons. The van der Waals surface area contributed by atoms with Gasteiger partial charge < -0.3 is 5.11 Å². The van der Waals surface area contributed by atoms with Crippen LogP contribution < -0.4 is 5.53 Å². The van der Waals surface area contributed by atoms with Gasteiger partial charge in [-0.25, -0.2) is 14.4 Å². The van der Waals surface area contributed by atoms with E-state index in [2.05, 4.69) is 10.5 Å². The minimum Gasteiger partial charge on any atom is -0.375 e. The Morgan fingerprint density at radius 1 is 1.64 bits per heavy atom. The predicted molar refractivity (Wildman–Crippen MR) is 51.1 cm³/mol. The lowest BCUT2D eigenvalue weighted by Crippen LogP contribution is -2.40. The summed E-state index contributed by atoms with van der Waals surface area (Å²) in [6.45, 7) is -0.854. The molecular formula is C7H8FN4OS. The molecule has 2 aliphatic heterocycles. The van der Waals surface area contributed by atoms with Crippen molar-refractivity contribution in [3.05, 3.63) is 23.1 Å². The van der Waals surface area contributed by atoms with Crippen LogP contribution in [-0.2, 0) is 0 Å². The molecule has 2 rings (SSSR count). The number of alkyl halides is 1. The van der Waals surface area contributed by atoms with Crippen LogP contribution in [0.3, 0.4) is 0 Å². The van der Waals surface area contributed by atoms with Crippen LogP contribution in [0.5, 0.6) is 0 Å². The molecule has 0 bridgehead atoms. The van der Waals surface area contributed by atoms with Gasteiger partial charge in [0.25, 0.3) is 0 Å². The van der Waals surface area contributed by atoms with E-state index in [1.165, 1.54) is 16.1 Å². The number of hydrazine groups is 2. The first-order chi connectivity index (χ1) is 6.74. The quantitative estimate of drug-likeness (QED) is 0.692. The highest BCUT2D eigenvalue weighted by Gasteiger charge is 2.25. The van der Waals surface area contributed by atoms with Crippen molar-refractivity contribution in [1.82, 2.24) is 15.6 Å². The Morgan fingerprint density at radius 3 is 3.07 bits per heavy atom. The summed E-state index contributed by atoms with van der Waals surface area (Å²) in [5, 5.41) is 12.1. The van der Waals surface area contributed by atoms with Gasteiger partial charge in [0.05, 0.1) is 11.9 Å². The van der Waals surface area contributed by atoms with Crippen LogP contribution in [0.1, 0.15) is 0 Å². The van der Waals surface area contributed by atoms with Gasteiger partial charge in [0, 0.05) is 0 Å². The second kappa shape index (κ2) is 3.52. The summed E-state index contributed by atoms with van der Waals surface area (Å²) in [6, 6.07) is 0. The van der Waals surface area contributed by atoms with Crippen molar-refractivity contribution in [3.63, 3.8) is 0 Å². The lowest BCUT2D eigenvalue weighted by atomic mass is 10.3. The zero-order chi connectivity index (χ0) is 10.1. The number of hydrogen-bond donors (Lipinski definition) is 2. The lowest BCUT2D eigenvalue weighted by molar-refractivity contribution is 0.0681. The number of allylic oxidation sites excluding steroid dienone is 1. The van der Waals surface area contributed by atoms with Gasteiger partial charge >= 0.3 is 0 Å². The third kappa shape index (κ3) is 1.45. The topological polar surface area (TPSA) is 51.1 Å². The van der Waals surface area contributed by atoms with Gasteiger partial charge in [-0.15, -0.1) is 5.53 Å². The number of rotatable bonds is 2. The lowest BCUT2D eigenvalue weighted by Gasteiger charge is -2.23. The van der Waals surface area contributed by atoms with E-state index in [1.54, 1.807) is 6.20 Å². The summed E-state index contributed by atoms with van der Waals surface area (Å²) in [4.78, 5) is 3.98. The van der Waals surface area contributed by atoms with Crippen molar-refractivity contribution >= 4 is 18.3 Å². The first-order valence-electron chi connectivity index (χ1n) is 3.92. The number of aliphatic hydroxyl groups excluding tert-OH is 1. The Morgan fingerprint density at radius 2 is 2.43 bits per heavy atom. The van der Waals surface area contributed by atoms with E-state index >= 15 is 0 Å². The van der Waals surface area contributed by atoms with Gasteiger partial charge in [-0.3, -0.25) is 5.01 Å². The zero-order valence-electron chi connectivity index (χ0n) is 7.14. The molecule has 0 aromatic heterocycles. The minimum atomic E-state index is -0.648. The fraction of sp³-hybridized carbons (Fsp3) is 0.286. The van der Waals surface area contributed by atoms with E-state index in [1.807, 2.05) is 0 Å². The molecule has 0 saturated heterocycles. The van der Waals surface area contributed by atoms with Gasteiger partial charge in [0.2, 0.25) is 0 Å². The largest absolute Gasteiger partial charge is 0.375 e. The second-order valence-electron chi connectivity index (χ2n) is 2.75. The van der Waals surface area contributed by atoms with E-state index in [-0.39, 0.29) is 6.73 Å². The average Bonchev–Trinajstić information content (AvgIpc) is 2.61. The Balaban J connectivity index is 2.27. The van der Waals surface area contributed by atoms with E-state index in [4.69, 9.17) is 17.7 Å². The molecule has 0 unspecified atom stereocenters. The number of nitrogens with one attached hydrogen (secondary N) is 1. The molecule has 2 N–H and O–H groups in total. The molecule has 5 nitrogen and oxygen atoms in total. The van der Waals surface area contributed by atoms with Crippen molar-refractivity contribution in [1.29, 1.82) is 0 Å². The molecule has 0 aliphatic carbocycles. The van der Waals surface area contributed by atoms with Crippen LogP contribution in [-0.4, -0.2) is 34.2 Å². The van der Waals surface area contributed by atoms with Gasteiger partial charge in [-0.2, -0.15) is 0 Å². The summed E-state index contributed by atoms with van der Waals surface area (Å²) in [7, 11) is 0. The van der Waals surface area contributed by atoms with Crippen molar-refractivity contribution in [2.75, 3.05) is 13.4 Å². The SMILES string of the molecule is OCN1C=C2N=C(CF)C=C([S])N2N1. The van der Waals surface area contributed by atoms with Crippen molar-refractivity contribution in [3.8, 4) is 0 Å². The number of halogens is 1. The molecule has 0 amide bonds. The fourth-order valence-electron chi connectivity index (χ4n) is 1.17. The molecular weight excluding hydrogens is 207 g/mol. The standard InChI is InChI=1S/C7H8FN4OS/c8-2-5-1-7(14)12-6(9-5)3-11(4-13)10-12/h1,3,10,13H,2,4H2. The molecule has 7 heteroatoms. The smallest absolute Gasteiger partial charge is 0.167 e. The van der Waals surface area contributed by atoms with Crippen LogP contribution >= 0.6 is 12.6 Å². The number of hydrogen-bond acceptors (Lipinski definition) is 5. The molecule has 0 aromatic rings. The second-order valence-corrected chi connectivity index (χ2v) is 3.17. The van der Waals surface area contributed by atoms with E-state index in [0.29, 0.717) is 16.6 Å². The summed E-state index contributed by atoms with van der Waals surface area (Å²) in [5.74, 6) is 0.485. The van der Waals surface area contributed by atoms with Gasteiger partial charge in [0.1, 0.15) is 18.4 Å². The van der Waals surface area contributed by atoms with Crippen LogP contribution in [0.15, 0.2) is 28.1 Å². The Hall–Kier alpha value is -1.18. The molecule has 0 atom stereocenters. The minimum absolute atomic E-state index is 0.205. The maximum Gasteiger partial charge on any atom is 0.167 e. The van der Waals surface area contributed by atoms with E-state index < -0.39 is 6.67 Å². The molecule has 0 spiro atoms. The Bertz CT molecular complexity index is 341. The molecule has 14 heavy (non-hydrogen) atoms. The summed E-state index contributed by atoms with van der Waals surface area (Å²) in [6.07, 6.45) is 3.02. The number of aliphatic hydroxyl groups is 1. The van der Waals surface area contributed by atoms with Gasteiger partial charge in [-0.05, 0) is 6.08 Å². The summed E-state index contributed by atoms with van der Waals surface area (Å²) >= 11 is 5.00. The summed E-state index contributed by atoms with van der Waals surface area (Å²) in [5.41, 5.74) is 3.05. The normalized spacial score (nSPS) is 20.3. The molecule has 2 heterocycles. The van der Waals surface area contributed by atoms with E-state index in [9.17, 15) is 4.39 Å².